The number of methoxy groups -OCH3 is 2. The molecule has 2 aromatic carbocycles. The number of rotatable bonds is 10. The molecule has 1 aliphatic rings. The van der Waals surface area contributed by atoms with Crippen molar-refractivity contribution >= 4 is 11.6 Å². The molecule has 2 unspecified atom stereocenters. The van der Waals surface area contributed by atoms with Crippen molar-refractivity contribution in [3.63, 3.8) is 0 Å². The Labute approximate surface area is 203 Å². The molecule has 184 valence electrons. The highest BCUT2D eigenvalue weighted by molar-refractivity contribution is 6.03. The monoisotopic (exact) mass is 466 g/mol. The van der Waals surface area contributed by atoms with Crippen molar-refractivity contribution in [2.45, 2.75) is 51.6 Å². The van der Waals surface area contributed by atoms with Gasteiger partial charge >= 0.3 is 0 Å². The maximum atomic E-state index is 13.5. The molecule has 0 saturated carbocycles. The van der Waals surface area contributed by atoms with Gasteiger partial charge in [-0.25, -0.2) is 0 Å². The zero-order chi connectivity index (χ0) is 24.9. The summed E-state index contributed by atoms with van der Waals surface area (Å²) >= 11 is 0. The quantitative estimate of drug-likeness (QED) is 0.472. The first-order chi connectivity index (χ1) is 16.2. The Kier molecular flexibility index (Phi) is 8.16. The molecule has 0 amide bonds. The predicted octanol–water partition coefficient (Wildman–Crippen LogP) is 4.72. The number of hydrogen-bond acceptors (Lipinski definition) is 6. The van der Waals surface area contributed by atoms with Crippen molar-refractivity contribution in [2.75, 3.05) is 40.4 Å². The van der Waals surface area contributed by atoms with Crippen LogP contribution in [0.2, 0.25) is 0 Å². The van der Waals surface area contributed by atoms with E-state index in [9.17, 15) is 9.59 Å². The van der Waals surface area contributed by atoms with Crippen LogP contribution in [0, 0.1) is 0 Å². The minimum absolute atomic E-state index is 0.124. The zero-order valence-electron chi connectivity index (χ0n) is 21.4. The van der Waals surface area contributed by atoms with Gasteiger partial charge in [0.2, 0.25) is 0 Å². The third kappa shape index (κ3) is 4.89. The SMILES string of the molecule is CCC(C)(C(=O)c1ccc(OC)cc1)N1CCN(C(C)(CC)C(=O)c2ccc(OC)cc2)CC1. The number of Topliss-reactive ketones (excluding diaryl/α,β-unsaturated/α-hetero) is 2. The lowest BCUT2D eigenvalue weighted by molar-refractivity contribution is 0.00256. The second kappa shape index (κ2) is 10.7. The van der Waals surface area contributed by atoms with Crippen LogP contribution in [0.3, 0.4) is 0 Å². The Hall–Kier alpha value is -2.70. The minimum atomic E-state index is -0.594. The van der Waals surface area contributed by atoms with E-state index in [-0.39, 0.29) is 11.6 Å². The number of hydrogen-bond donors (Lipinski definition) is 0. The second-order valence-electron chi connectivity index (χ2n) is 9.34. The molecular formula is C28H38N2O4. The maximum absolute atomic E-state index is 13.5. The fourth-order valence-corrected chi connectivity index (χ4v) is 4.86. The lowest BCUT2D eigenvalue weighted by atomic mass is 9.84. The van der Waals surface area contributed by atoms with Crippen molar-refractivity contribution in [1.29, 1.82) is 0 Å². The van der Waals surface area contributed by atoms with Gasteiger partial charge in [-0.05, 0) is 75.2 Å². The van der Waals surface area contributed by atoms with E-state index in [2.05, 4.69) is 23.6 Å². The fraction of sp³-hybridized carbons (Fsp3) is 0.500. The first-order valence-electron chi connectivity index (χ1n) is 12.1. The molecule has 34 heavy (non-hydrogen) atoms. The lowest BCUT2D eigenvalue weighted by Crippen LogP contribution is -2.64. The third-order valence-electron chi connectivity index (χ3n) is 7.74. The summed E-state index contributed by atoms with van der Waals surface area (Å²) in [5, 5.41) is 0. The van der Waals surface area contributed by atoms with Crippen LogP contribution in [-0.2, 0) is 0 Å². The third-order valence-corrected chi connectivity index (χ3v) is 7.74. The van der Waals surface area contributed by atoms with Crippen molar-refractivity contribution in [3.8, 4) is 11.5 Å². The van der Waals surface area contributed by atoms with E-state index in [1.54, 1.807) is 14.2 Å². The Morgan fingerprint density at radius 1 is 0.676 bits per heavy atom. The van der Waals surface area contributed by atoms with E-state index < -0.39 is 11.1 Å². The van der Waals surface area contributed by atoms with E-state index in [1.165, 1.54) is 0 Å². The summed E-state index contributed by atoms with van der Waals surface area (Å²) in [7, 11) is 3.24. The number of ketones is 2. The Balaban J connectivity index is 1.74. The predicted molar refractivity (Wildman–Crippen MR) is 135 cm³/mol. The lowest BCUT2D eigenvalue weighted by Gasteiger charge is -2.49. The van der Waals surface area contributed by atoms with E-state index in [0.29, 0.717) is 24.0 Å². The Morgan fingerprint density at radius 3 is 1.21 bits per heavy atom. The summed E-state index contributed by atoms with van der Waals surface area (Å²) in [5.74, 6) is 1.73. The molecule has 1 saturated heterocycles. The van der Waals surface area contributed by atoms with Crippen molar-refractivity contribution in [1.82, 2.24) is 9.80 Å². The van der Waals surface area contributed by atoms with Crippen molar-refractivity contribution in [2.24, 2.45) is 0 Å². The van der Waals surface area contributed by atoms with Gasteiger partial charge < -0.3 is 9.47 Å². The van der Waals surface area contributed by atoms with Crippen LogP contribution in [0.1, 0.15) is 61.3 Å². The van der Waals surface area contributed by atoms with Gasteiger partial charge in [-0.1, -0.05) is 13.8 Å². The maximum Gasteiger partial charge on any atom is 0.182 e. The van der Waals surface area contributed by atoms with Gasteiger partial charge in [0, 0.05) is 37.3 Å². The largest absolute Gasteiger partial charge is 0.497 e. The van der Waals surface area contributed by atoms with Crippen LogP contribution in [0.4, 0.5) is 0 Å². The molecule has 0 aromatic heterocycles. The average Bonchev–Trinajstić information content (AvgIpc) is 2.91. The number of carbonyl (C=O) groups excluding carboxylic acids is 2. The summed E-state index contributed by atoms with van der Waals surface area (Å²) in [6, 6.07) is 14.7. The molecule has 0 N–H and O–H groups in total. The molecule has 1 fully saturated rings. The summed E-state index contributed by atoms with van der Waals surface area (Å²) in [6.07, 6.45) is 1.43. The molecule has 1 aliphatic heterocycles. The van der Waals surface area contributed by atoms with Crippen LogP contribution in [-0.4, -0.2) is 72.8 Å². The number of nitrogens with zero attached hydrogens (tertiary/aromatic N) is 2. The average molecular weight is 467 g/mol. The van der Waals surface area contributed by atoms with Crippen LogP contribution in [0.5, 0.6) is 11.5 Å². The highest BCUT2D eigenvalue weighted by Crippen LogP contribution is 2.31. The first-order valence-corrected chi connectivity index (χ1v) is 12.1. The summed E-state index contributed by atoms with van der Waals surface area (Å²) < 4.78 is 10.5. The van der Waals surface area contributed by atoms with E-state index in [1.807, 2.05) is 62.4 Å². The standard InChI is InChI=1S/C28H38N2O4/c1-7-27(3,25(31)21-9-13-23(33-5)14-10-21)29-17-19-30(20-18-29)28(4,8-2)26(32)22-11-15-24(34-6)16-12-22/h9-16H,7-8,17-20H2,1-6H3. The molecule has 1 heterocycles. The molecule has 3 rings (SSSR count). The number of carbonyl (C=O) groups is 2. The molecule has 0 radical (unpaired) electrons. The molecule has 2 atom stereocenters. The van der Waals surface area contributed by atoms with Gasteiger partial charge in [-0.15, -0.1) is 0 Å². The minimum Gasteiger partial charge on any atom is -0.497 e. The molecule has 0 aliphatic carbocycles. The Morgan fingerprint density at radius 2 is 0.971 bits per heavy atom. The molecule has 6 heteroatoms. The van der Waals surface area contributed by atoms with Gasteiger partial charge in [0.25, 0.3) is 0 Å². The highest BCUT2D eigenvalue weighted by atomic mass is 16.5. The Bertz CT molecular complexity index is 899. The summed E-state index contributed by atoms with van der Waals surface area (Å²) in [4.78, 5) is 31.6. The molecule has 6 nitrogen and oxygen atoms in total. The topological polar surface area (TPSA) is 59.1 Å². The summed E-state index contributed by atoms with van der Waals surface area (Å²) in [6.45, 7) is 11.1. The van der Waals surface area contributed by atoms with Crippen molar-refractivity contribution < 1.29 is 19.1 Å². The second-order valence-corrected chi connectivity index (χ2v) is 9.34. The van der Waals surface area contributed by atoms with Crippen molar-refractivity contribution in [3.05, 3.63) is 59.7 Å². The molecule has 0 spiro atoms. The molecule has 2 aromatic rings. The normalized spacial score (nSPS) is 18.5. The van der Waals surface area contributed by atoms with Gasteiger partial charge in [-0.3, -0.25) is 19.4 Å². The van der Waals surface area contributed by atoms with E-state index in [4.69, 9.17) is 9.47 Å². The van der Waals surface area contributed by atoms with Gasteiger partial charge in [0.1, 0.15) is 11.5 Å². The van der Waals surface area contributed by atoms with Gasteiger partial charge in [0.05, 0.1) is 25.3 Å². The fourth-order valence-electron chi connectivity index (χ4n) is 4.86. The van der Waals surface area contributed by atoms with E-state index in [0.717, 1.165) is 37.7 Å². The number of piperazine rings is 1. The van der Waals surface area contributed by atoms with Crippen LogP contribution in [0.25, 0.3) is 0 Å². The van der Waals surface area contributed by atoms with Crippen LogP contribution in [0.15, 0.2) is 48.5 Å². The first kappa shape index (κ1) is 25.9. The van der Waals surface area contributed by atoms with E-state index >= 15 is 0 Å². The van der Waals surface area contributed by atoms with Gasteiger partial charge in [0.15, 0.2) is 11.6 Å². The smallest absolute Gasteiger partial charge is 0.182 e. The van der Waals surface area contributed by atoms with Crippen LogP contribution < -0.4 is 9.47 Å². The van der Waals surface area contributed by atoms with Gasteiger partial charge in [-0.2, -0.15) is 0 Å². The van der Waals surface area contributed by atoms with Crippen LogP contribution >= 0.6 is 0 Å². The molecular weight excluding hydrogens is 428 g/mol. The zero-order valence-corrected chi connectivity index (χ0v) is 21.4. The summed E-state index contributed by atoms with van der Waals surface area (Å²) in [5.41, 5.74) is 0.202. The number of benzene rings is 2. The highest BCUT2D eigenvalue weighted by Gasteiger charge is 2.44. The number of ether oxygens (including phenoxy) is 2. The molecule has 0 bridgehead atoms.